The Hall–Kier alpha value is -0.560. The summed E-state index contributed by atoms with van der Waals surface area (Å²) < 4.78 is 142. The summed E-state index contributed by atoms with van der Waals surface area (Å²) in [4.78, 5) is 0. The van der Waals surface area contributed by atoms with Crippen molar-refractivity contribution in [3.8, 4) is 0 Å². The van der Waals surface area contributed by atoms with Gasteiger partial charge in [-0.2, -0.15) is 33.7 Å². The largest absolute Gasteiger partial charge is 0.397 e. The molecule has 1 fully saturated rings. The van der Waals surface area contributed by atoms with Gasteiger partial charge in [0.05, 0.1) is 13.2 Å². The fourth-order valence-electron chi connectivity index (χ4n) is 1.88. The van der Waals surface area contributed by atoms with Gasteiger partial charge in [-0.05, 0) is 0 Å². The minimum absolute atomic E-state index is 1.01. The molecule has 1 aliphatic heterocycles. The molecule has 4 atom stereocenters. The molecule has 0 aromatic carbocycles. The van der Waals surface area contributed by atoms with E-state index in [1.54, 1.807) is 0 Å². The lowest BCUT2D eigenvalue weighted by atomic mass is 10.0. The van der Waals surface area contributed by atoms with Gasteiger partial charge in [-0.15, -0.1) is 0 Å². The fourth-order valence-corrected chi connectivity index (χ4v) is 3.69. The average Bonchev–Trinajstić information content (AvgIpc) is 2.36. The minimum Gasteiger partial charge on any atom is -0.370 e. The summed E-state index contributed by atoms with van der Waals surface area (Å²) in [5.74, 6) is 0. The van der Waals surface area contributed by atoms with Crippen LogP contribution in [0.5, 0.6) is 0 Å². The summed E-state index contributed by atoms with van der Waals surface area (Å²) in [6, 6.07) is 0. The fraction of sp³-hybridized carbons (Fsp3) is 1.00. The van der Waals surface area contributed by atoms with Crippen molar-refractivity contribution < 1.29 is 73.4 Å². The smallest absolute Gasteiger partial charge is 0.370 e. The number of ether oxygens (including phenoxy) is 1. The van der Waals surface area contributed by atoms with Crippen molar-refractivity contribution in [2.24, 2.45) is 0 Å². The topological polar surface area (TPSA) is 264 Å². The standard InChI is InChI=1S/C6H12O17S4/c7-24(8,9)20-2-3-5(22-26(13,14)15)6(23-27(16,17)18)4(1-19-3)21-25(10,11)12/h3-6H,1-2H2,(H,7,8,9)(H,10,11,12)(H,13,14,15)(H,16,17,18). The van der Waals surface area contributed by atoms with E-state index in [0.29, 0.717) is 0 Å². The Bertz CT molecular complexity index is 927. The molecule has 4 unspecified atom stereocenters. The van der Waals surface area contributed by atoms with Crippen LogP contribution in [0.15, 0.2) is 0 Å². The van der Waals surface area contributed by atoms with Crippen LogP contribution in [0.3, 0.4) is 0 Å². The van der Waals surface area contributed by atoms with Crippen LogP contribution in [0.25, 0.3) is 0 Å². The maximum Gasteiger partial charge on any atom is 0.397 e. The van der Waals surface area contributed by atoms with Crippen molar-refractivity contribution in [1.82, 2.24) is 0 Å². The van der Waals surface area contributed by atoms with Gasteiger partial charge >= 0.3 is 41.6 Å². The first-order chi connectivity index (χ1) is 11.9. The summed E-state index contributed by atoms with van der Waals surface area (Å²) in [6.07, 6.45) is -8.96. The average molecular weight is 484 g/mol. The van der Waals surface area contributed by atoms with Gasteiger partial charge in [0.2, 0.25) is 0 Å². The highest BCUT2D eigenvalue weighted by atomic mass is 32.3. The Kier molecular flexibility index (Phi) is 7.65. The molecule has 0 spiro atoms. The molecule has 17 nitrogen and oxygen atoms in total. The van der Waals surface area contributed by atoms with Crippen LogP contribution >= 0.6 is 0 Å². The Labute approximate surface area is 152 Å². The third-order valence-electron chi connectivity index (χ3n) is 2.62. The highest BCUT2D eigenvalue weighted by Gasteiger charge is 2.49. The van der Waals surface area contributed by atoms with E-state index in [1.807, 2.05) is 0 Å². The third kappa shape index (κ3) is 9.97. The maximum absolute atomic E-state index is 10.9. The Morgan fingerprint density at radius 2 is 1.15 bits per heavy atom. The van der Waals surface area contributed by atoms with E-state index in [1.165, 1.54) is 0 Å². The molecule has 27 heavy (non-hydrogen) atoms. The summed E-state index contributed by atoms with van der Waals surface area (Å²) >= 11 is 0. The zero-order valence-corrected chi connectivity index (χ0v) is 15.7. The second kappa shape index (κ2) is 8.44. The van der Waals surface area contributed by atoms with Crippen LogP contribution in [0, 0.1) is 0 Å². The normalized spacial score (nSPS) is 28.1. The van der Waals surface area contributed by atoms with Gasteiger partial charge in [-0.25, -0.2) is 16.7 Å². The molecular weight excluding hydrogens is 472 g/mol. The predicted molar refractivity (Wildman–Crippen MR) is 76.5 cm³/mol. The highest BCUT2D eigenvalue weighted by Crippen LogP contribution is 2.27. The van der Waals surface area contributed by atoms with Crippen LogP contribution in [0.4, 0.5) is 0 Å². The molecular formula is C6H12O17S4. The predicted octanol–water partition coefficient (Wildman–Crippen LogP) is -3.23. The molecule has 1 saturated heterocycles. The first-order valence-electron chi connectivity index (χ1n) is 6.07. The second-order valence-corrected chi connectivity index (χ2v) is 8.86. The first-order valence-corrected chi connectivity index (χ1v) is 11.5. The lowest BCUT2D eigenvalue weighted by Gasteiger charge is -2.38. The molecule has 0 aliphatic carbocycles. The monoisotopic (exact) mass is 484 g/mol. The van der Waals surface area contributed by atoms with E-state index in [0.717, 1.165) is 0 Å². The molecule has 21 heteroatoms. The number of hydrogen-bond acceptors (Lipinski definition) is 13. The van der Waals surface area contributed by atoms with Gasteiger partial charge in [-0.3, -0.25) is 18.2 Å². The molecule has 1 heterocycles. The van der Waals surface area contributed by atoms with E-state index in [-0.39, 0.29) is 0 Å². The molecule has 0 aromatic heterocycles. The van der Waals surface area contributed by atoms with Crippen LogP contribution in [-0.4, -0.2) is 89.5 Å². The van der Waals surface area contributed by atoms with Gasteiger partial charge in [0.1, 0.15) is 24.4 Å². The first kappa shape index (κ1) is 24.5. The van der Waals surface area contributed by atoms with Gasteiger partial charge in [0, 0.05) is 0 Å². The quantitative estimate of drug-likeness (QED) is 0.234. The van der Waals surface area contributed by atoms with E-state index in [2.05, 4.69) is 16.7 Å². The van der Waals surface area contributed by atoms with Crippen LogP contribution < -0.4 is 0 Å². The third-order valence-corrected chi connectivity index (χ3v) is 4.48. The van der Waals surface area contributed by atoms with Gasteiger partial charge in [0.25, 0.3) is 0 Å². The summed E-state index contributed by atoms with van der Waals surface area (Å²) in [6.45, 7) is -2.26. The molecule has 0 aromatic rings. The SMILES string of the molecule is O=S(=O)(O)OCC1OCC(OS(=O)(=O)O)C(OS(=O)(=O)O)C1OS(=O)(=O)O. The van der Waals surface area contributed by atoms with Crippen molar-refractivity contribution in [2.45, 2.75) is 24.4 Å². The minimum atomic E-state index is -5.44. The van der Waals surface area contributed by atoms with Crippen LogP contribution in [-0.2, 0) is 63.1 Å². The molecule has 0 saturated carbocycles. The molecule has 4 N–H and O–H groups in total. The molecule has 0 radical (unpaired) electrons. The maximum atomic E-state index is 10.9. The number of rotatable bonds is 9. The van der Waals surface area contributed by atoms with E-state index >= 15 is 0 Å². The van der Waals surface area contributed by atoms with E-state index < -0.39 is 79.2 Å². The van der Waals surface area contributed by atoms with Gasteiger partial charge in [0.15, 0.2) is 0 Å². The van der Waals surface area contributed by atoms with Crippen molar-refractivity contribution in [3.63, 3.8) is 0 Å². The van der Waals surface area contributed by atoms with Gasteiger partial charge in [-0.1, -0.05) is 0 Å². The van der Waals surface area contributed by atoms with E-state index in [9.17, 15) is 33.7 Å². The molecule has 0 amide bonds. The lowest BCUT2D eigenvalue weighted by molar-refractivity contribution is -0.171. The molecule has 1 aliphatic rings. The highest BCUT2D eigenvalue weighted by molar-refractivity contribution is 7.81. The van der Waals surface area contributed by atoms with Crippen LogP contribution in [0.1, 0.15) is 0 Å². The summed E-state index contributed by atoms with van der Waals surface area (Å²) in [5, 5.41) is 0. The van der Waals surface area contributed by atoms with Crippen molar-refractivity contribution >= 4 is 41.6 Å². The number of hydrogen-bond donors (Lipinski definition) is 4. The Balaban J connectivity index is 3.30. The van der Waals surface area contributed by atoms with Crippen molar-refractivity contribution in [3.05, 3.63) is 0 Å². The summed E-state index contributed by atoms with van der Waals surface area (Å²) in [5.41, 5.74) is 0. The van der Waals surface area contributed by atoms with Crippen LogP contribution in [0.2, 0.25) is 0 Å². The second-order valence-electron chi connectivity index (χ2n) is 4.62. The lowest BCUT2D eigenvalue weighted by Crippen LogP contribution is -2.58. The Morgan fingerprint density at radius 1 is 0.704 bits per heavy atom. The molecule has 162 valence electrons. The van der Waals surface area contributed by atoms with E-state index in [4.69, 9.17) is 22.9 Å². The molecule has 0 bridgehead atoms. The summed E-state index contributed by atoms with van der Waals surface area (Å²) in [7, 11) is -21.3. The Morgan fingerprint density at radius 3 is 1.56 bits per heavy atom. The zero-order valence-electron chi connectivity index (χ0n) is 12.5. The van der Waals surface area contributed by atoms with Crippen molar-refractivity contribution in [2.75, 3.05) is 13.2 Å². The molecule has 1 rings (SSSR count). The van der Waals surface area contributed by atoms with Crippen molar-refractivity contribution in [1.29, 1.82) is 0 Å². The van der Waals surface area contributed by atoms with Gasteiger partial charge < -0.3 is 4.74 Å². The zero-order chi connectivity index (χ0) is 21.3.